The first-order chi connectivity index (χ1) is 26.2. The number of aromatic nitrogens is 1. The van der Waals surface area contributed by atoms with Crippen LogP contribution < -0.4 is 10.6 Å². The predicted octanol–water partition coefficient (Wildman–Crippen LogP) is 4.40. The number of nitrogens with one attached hydrogen (secondary N) is 2. The molecule has 2 saturated carbocycles. The Morgan fingerprint density at radius 3 is 2.47 bits per heavy atom. The monoisotopic (exact) mass is 803 g/mol. The normalized spacial score (nSPS) is 25.7. The van der Waals surface area contributed by atoms with Crippen LogP contribution in [0.25, 0.3) is 10.4 Å². The molecule has 4 fully saturated rings. The van der Waals surface area contributed by atoms with E-state index in [4.69, 9.17) is 9.47 Å². The molecule has 2 aliphatic heterocycles. The molecule has 1 aromatic carbocycles. The van der Waals surface area contributed by atoms with Gasteiger partial charge in [0.1, 0.15) is 12.1 Å². The summed E-state index contributed by atoms with van der Waals surface area (Å²) in [6.07, 6.45) is 2.02. The molecule has 0 bridgehead atoms. The van der Waals surface area contributed by atoms with E-state index < -0.39 is 52.4 Å². The Morgan fingerprint density at radius 2 is 1.82 bits per heavy atom. The van der Waals surface area contributed by atoms with E-state index in [1.54, 1.807) is 28.6 Å². The maximum absolute atomic E-state index is 15.0. The molecule has 2 saturated heterocycles. The van der Waals surface area contributed by atoms with Gasteiger partial charge in [0.15, 0.2) is 5.67 Å². The number of carbonyl (C=O) groups excluding carboxylic acids is 3. The van der Waals surface area contributed by atoms with E-state index >= 15 is 0 Å². The molecule has 4 amide bonds. The van der Waals surface area contributed by atoms with Gasteiger partial charge in [-0.1, -0.05) is 24.3 Å². The molecule has 2 unspecified atom stereocenters. The summed E-state index contributed by atoms with van der Waals surface area (Å²) < 4.78 is 25.8. The van der Waals surface area contributed by atoms with Crippen molar-refractivity contribution in [1.29, 1.82) is 0 Å². The molecule has 0 spiro atoms. The van der Waals surface area contributed by atoms with Crippen LogP contribution in [0.5, 0.6) is 0 Å². The lowest BCUT2D eigenvalue weighted by atomic mass is 9.83. The molecule has 3 heterocycles. The summed E-state index contributed by atoms with van der Waals surface area (Å²) in [5.74, 6) is -0.228. The fourth-order valence-corrected chi connectivity index (χ4v) is 9.74. The third-order valence-corrected chi connectivity index (χ3v) is 13.9. The van der Waals surface area contributed by atoms with Crippen molar-refractivity contribution < 1.29 is 43.3 Å². The quantitative estimate of drug-likeness (QED) is 0.203. The van der Waals surface area contributed by atoms with Gasteiger partial charge in [-0.15, -0.1) is 11.3 Å². The number of aliphatic hydroxyl groups is 1. The second-order valence-electron chi connectivity index (χ2n) is 16.0. The number of benzene rings is 1. The van der Waals surface area contributed by atoms with Crippen LogP contribution in [0.3, 0.4) is 0 Å². The van der Waals surface area contributed by atoms with Gasteiger partial charge < -0.3 is 40.1 Å². The second kappa shape index (κ2) is 17.9. The molecule has 55 heavy (non-hydrogen) atoms. The second-order valence-corrected chi connectivity index (χ2v) is 18.5. The van der Waals surface area contributed by atoms with Gasteiger partial charge in [0, 0.05) is 37.4 Å². The van der Waals surface area contributed by atoms with Crippen molar-refractivity contribution in [3.05, 3.63) is 41.0 Å². The van der Waals surface area contributed by atoms with Crippen LogP contribution in [-0.4, -0.2) is 129 Å². The van der Waals surface area contributed by atoms with Crippen molar-refractivity contribution in [2.45, 2.75) is 107 Å². The lowest BCUT2D eigenvalue weighted by molar-refractivity contribution is -0.143. The minimum Gasteiger partial charge on any atom is -0.465 e. The molecular weight excluding hydrogens is 750 g/mol. The van der Waals surface area contributed by atoms with Gasteiger partial charge in [-0.05, 0) is 88.0 Å². The average molecular weight is 804 g/mol. The number of ether oxygens (including phenoxy) is 2. The van der Waals surface area contributed by atoms with Gasteiger partial charge in [0.25, 0.3) is 5.91 Å². The number of nitrogens with zero attached hydrogens (tertiary/aromatic N) is 3. The van der Waals surface area contributed by atoms with Crippen molar-refractivity contribution in [3.63, 3.8) is 0 Å². The number of aryl methyl sites for hydroxylation is 1. The number of hydrogen-bond acceptors (Lipinski definition) is 10. The van der Waals surface area contributed by atoms with E-state index in [-0.39, 0.29) is 38.5 Å². The van der Waals surface area contributed by atoms with Gasteiger partial charge in [-0.3, -0.25) is 14.4 Å². The third kappa shape index (κ3) is 10.6. The minimum atomic E-state index is -1.99. The minimum absolute atomic E-state index is 0.0594. The lowest BCUT2D eigenvalue weighted by Gasteiger charge is -2.38. The highest BCUT2D eigenvalue weighted by Gasteiger charge is 2.54. The number of morpholine rings is 1. The largest absolute Gasteiger partial charge is 0.465 e. The zero-order chi connectivity index (χ0) is 39.3. The molecular formula is C39H54FN5O8S2. The van der Waals surface area contributed by atoms with Crippen LogP contribution in [0.4, 0.5) is 9.18 Å². The summed E-state index contributed by atoms with van der Waals surface area (Å²) >= 11 is 3.13. The molecule has 1 aromatic heterocycles. The van der Waals surface area contributed by atoms with Crippen molar-refractivity contribution in [2.24, 2.45) is 11.8 Å². The van der Waals surface area contributed by atoms with Gasteiger partial charge in [-0.2, -0.15) is 11.8 Å². The average Bonchev–Trinajstić information content (AvgIpc) is 3.58. The molecule has 4 N–H and O–H groups in total. The SMILES string of the molecule is Cc1ncsc1-c1ccc(CNC(=O)[C@@H]2C[C@@H](O)CN2C(=O)C(NC(=O)C2(F)CC2)C(C)(C)SCC2CCC(COCC3CN(C(=O)O)CCO3)CC2)cc1. The number of hydrogen-bond donors (Lipinski definition) is 4. The fourth-order valence-electron chi connectivity index (χ4n) is 7.60. The standard InChI is InChI=1S/C39H54FN5O8S2/c1-24-32(54-23-42-24)28-10-8-25(9-11-28)17-41-34(47)31-16-29(46)18-45(31)35(48)33(43-36(49)39(40)12-13-39)38(2,3)55-22-27-6-4-26(5-7-27)20-52-21-30-19-44(37(50)51)14-15-53-30/h8-11,23,26-27,29-31,33,46H,4-7,12-22H2,1-3H3,(H,41,47)(H,43,49)(H,50,51)/t26?,27?,29-,30?,31+,33?/m1/s1. The molecule has 13 nitrogen and oxygen atoms in total. The van der Waals surface area contributed by atoms with E-state index in [9.17, 15) is 33.8 Å². The first kappa shape index (κ1) is 41.3. The molecule has 302 valence electrons. The van der Waals surface area contributed by atoms with Crippen molar-refractivity contribution >= 4 is 46.9 Å². The fraction of sp³-hybridized carbons (Fsp3) is 0.667. The first-order valence-corrected chi connectivity index (χ1v) is 21.2. The van der Waals surface area contributed by atoms with E-state index in [1.807, 2.05) is 45.0 Å². The molecule has 16 heteroatoms. The number of amides is 4. The Morgan fingerprint density at radius 1 is 1.11 bits per heavy atom. The summed E-state index contributed by atoms with van der Waals surface area (Å²) in [7, 11) is 0. The van der Waals surface area contributed by atoms with Crippen LogP contribution in [0, 0.1) is 18.8 Å². The molecule has 0 radical (unpaired) electrons. The van der Waals surface area contributed by atoms with Crippen molar-refractivity contribution in [1.82, 2.24) is 25.4 Å². The van der Waals surface area contributed by atoms with Gasteiger partial charge in [0.2, 0.25) is 11.8 Å². The maximum Gasteiger partial charge on any atom is 0.407 e. The van der Waals surface area contributed by atoms with E-state index in [1.165, 1.54) is 9.80 Å². The summed E-state index contributed by atoms with van der Waals surface area (Å²) in [4.78, 5) is 60.4. The lowest BCUT2D eigenvalue weighted by Crippen LogP contribution is -2.61. The highest BCUT2D eigenvalue weighted by Crippen LogP contribution is 2.42. The van der Waals surface area contributed by atoms with Crippen LogP contribution in [0.15, 0.2) is 29.8 Å². The number of alkyl halides is 1. The molecule has 4 aliphatic rings. The number of carbonyl (C=O) groups is 4. The third-order valence-electron chi connectivity index (χ3n) is 11.3. The maximum atomic E-state index is 15.0. The van der Waals surface area contributed by atoms with E-state index in [2.05, 4.69) is 15.6 Å². The Kier molecular flexibility index (Phi) is 13.4. The van der Waals surface area contributed by atoms with Gasteiger partial charge in [0.05, 0.1) is 48.0 Å². The van der Waals surface area contributed by atoms with Crippen molar-refractivity contribution in [2.75, 3.05) is 45.2 Å². The smallest absolute Gasteiger partial charge is 0.407 e. The van der Waals surface area contributed by atoms with Crippen molar-refractivity contribution in [3.8, 4) is 10.4 Å². The highest BCUT2D eigenvalue weighted by atomic mass is 32.2. The van der Waals surface area contributed by atoms with Gasteiger partial charge in [-0.25, -0.2) is 14.2 Å². The van der Waals surface area contributed by atoms with E-state index in [0.29, 0.717) is 44.7 Å². The zero-order valence-electron chi connectivity index (χ0n) is 31.8. The number of aliphatic hydroxyl groups excluding tert-OH is 1. The number of halogens is 1. The Hall–Kier alpha value is -3.31. The molecule has 2 aliphatic carbocycles. The predicted molar refractivity (Wildman–Crippen MR) is 207 cm³/mol. The summed E-state index contributed by atoms with van der Waals surface area (Å²) in [5, 5.41) is 25.6. The number of thioether (sulfide) groups is 1. The number of β-amino-alcohol motifs (C(OH)–C–C–N with tert-alkyl or cyclic N) is 1. The first-order valence-electron chi connectivity index (χ1n) is 19.3. The molecule has 4 atom stereocenters. The summed E-state index contributed by atoms with van der Waals surface area (Å²) in [6, 6.07) is 5.77. The summed E-state index contributed by atoms with van der Waals surface area (Å²) in [6.45, 7) is 7.85. The Bertz CT molecular complexity index is 1670. The number of rotatable bonds is 15. The number of thiazole rings is 1. The van der Waals surface area contributed by atoms with Crippen LogP contribution in [0.1, 0.15) is 70.1 Å². The zero-order valence-corrected chi connectivity index (χ0v) is 33.5. The number of likely N-dealkylation sites (tertiary alicyclic amines) is 1. The topological polar surface area (TPSA) is 171 Å². The van der Waals surface area contributed by atoms with Crippen LogP contribution >= 0.6 is 23.1 Å². The van der Waals surface area contributed by atoms with Gasteiger partial charge >= 0.3 is 6.09 Å². The summed E-state index contributed by atoms with van der Waals surface area (Å²) in [5.41, 5.74) is 2.68. The van der Waals surface area contributed by atoms with Crippen LogP contribution in [-0.2, 0) is 30.4 Å². The molecule has 2 aromatic rings. The highest BCUT2D eigenvalue weighted by molar-refractivity contribution is 8.00. The van der Waals surface area contributed by atoms with E-state index in [0.717, 1.165) is 53.1 Å². The molecule has 6 rings (SSSR count). The Labute approximate surface area is 330 Å². The van der Waals surface area contributed by atoms with Crippen LogP contribution in [0.2, 0.25) is 0 Å². The Balaban J connectivity index is 1.02. The number of carboxylic acid groups (broad SMARTS) is 1.